The average Bonchev–Trinajstić information content (AvgIpc) is 2.25. The first-order valence-electron chi connectivity index (χ1n) is 4.11. The molecule has 12 heavy (non-hydrogen) atoms. The van der Waals surface area contributed by atoms with Gasteiger partial charge in [0, 0.05) is 19.3 Å². The van der Waals surface area contributed by atoms with Crippen LogP contribution in [0.5, 0.6) is 5.75 Å². The van der Waals surface area contributed by atoms with Crippen LogP contribution in [0.4, 0.5) is 0 Å². The molecule has 0 spiro atoms. The van der Waals surface area contributed by atoms with E-state index in [1.165, 1.54) is 0 Å². The second-order valence-electron chi connectivity index (χ2n) is 3.03. The van der Waals surface area contributed by atoms with Gasteiger partial charge in [0.05, 0.1) is 5.69 Å². The van der Waals surface area contributed by atoms with Crippen LogP contribution in [0.2, 0.25) is 0 Å². The van der Waals surface area contributed by atoms with E-state index in [-0.39, 0.29) is 0 Å². The molecule has 0 N–H and O–H groups in total. The number of ether oxygens (including phenoxy) is 1. The Bertz CT molecular complexity index is 275. The summed E-state index contributed by atoms with van der Waals surface area (Å²) in [5.74, 6) is 0.932. The zero-order valence-electron chi connectivity index (χ0n) is 7.16. The third-order valence-corrected chi connectivity index (χ3v) is 2.00. The third kappa shape index (κ3) is 1.41. The fourth-order valence-electron chi connectivity index (χ4n) is 1.32. The summed E-state index contributed by atoms with van der Waals surface area (Å²) in [7, 11) is 2.08. The highest BCUT2D eigenvalue weighted by Crippen LogP contribution is 2.18. The van der Waals surface area contributed by atoms with Gasteiger partial charge in [-0.1, -0.05) is 0 Å². The lowest BCUT2D eigenvalue weighted by Gasteiger charge is -2.09. The van der Waals surface area contributed by atoms with E-state index in [4.69, 9.17) is 4.74 Å². The Kier molecular flexibility index (Phi) is 1.96. The van der Waals surface area contributed by atoms with Crippen LogP contribution in [0.15, 0.2) is 18.3 Å². The van der Waals surface area contributed by atoms with E-state index in [2.05, 4.69) is 16.9 Å². The maximum absolute atomic E-state index is 5.51. The van der Waals surface area contributed by atoms with E-state index in [1.54, 1.807) is 6.20 Å². The summed E-state index contributed by atoms with van der Waals surface area (Å²) in [6.07, 6.45) is 1.81. The molecule has 0 atom stereocenters. The van der Waals surface area contributed by atoms with Crippen LogP contribution in [0.25, 0.3) is 0 Å². The Morgan fingerprint density at radius 3 is 3.42 bits per heavy atom. The molecule has 0 unspecified atom stereocenters. The molecule has 3 nitrogen and oxygen atoms in total. The molecule has 0 saturated heterocycles. The summed E-state index contributed by atoms with van der Waals surface area (Å²) >= 11 is 0. The van der Waals surface area contributed by atoms with Gasteiger partial charge < -0.3 is 4.74 Å². The number of hydrogen-bond donors (Lipinski definition) is 0. The molecule has 1 aliphatic heterocycles. The van der Waals surface area contributed by atoms with Gasteiger partial charge in [-0.2, -0.15) is 0 Å². The topological polar surface area (TPSA) is 25.4 Å². The molecule has 2 rings (SSSR count). The van der Waals surface area contributed by atoms with E-state index >= 15 is 0 Å². The lowest BCUT2D eigenvalue weighted by molar-refractivity contribution is 0.259. The van der Waals surface area contributed by atoms with Crippen molar-refractivity contribution in [2.45, 2.75) is 6.54 Å². The second kappa shape index (κ2) is 3.11. The van der Waals surface area contributed by atoms with Crippen LogP contribution < -0.4 is 4.74 Å². The number of likely N-dealkylation sites (N-methyl/N-ethyl adjacent to an activating group) is 1. The van der Waals surface area contributed by atoms with Crippen LogP contribution in [0.1, 0.15) is 5.69 Å². The summed E-state index contributed by atoms with van der Waals surface area (Å²) in [5.41, 5.74) is 1.04. The Morgan fingerprint density at radius 1 is 1.58 bits per heavy atom. The number of aromatic nitrogens is 1. The quantitative estimate of drug-likeness (QED) is 0.569. The maximum Gasteiger partial charge on any atom is 0.142 e. The first-order valence-corrected chi connectivity index (χ1v) is 4.11. The molecule has 0 amide bonds. The lowest BCUT2D eigenvalue weighted by Crippen LogP contribution is -2.20. The number of fused-ring (bicyclic) bond motifs is 1. The van der Waals surface area contributed by atoms with Gasteiger partial charge in [-0.05, 0) is 19.2 Å². The molecule has 1 aliphatic rings. The number of nitrogens with zero attached hydrogens (tertiary/aromatic N) is 2. The van der Waals surface area contributed by atoms with Crippen LogP contribution >= 0.6 is 0 Å². The molecule has 0 bridgehead atoms. The van der Waals surface area contributed by atoms with Crippen molar-refractivity contribution in [3.8, 4) is 5.75 Å². The summed E-state index contributed by atoms with van der Waals surface area (Å²) in [6.45, 7) is 2.61. The number of rotatable bonds is 0. The Morgan fingerprint density at radius 2 is 2.50 bits per heavy atom. The fraction of sp³-hybridized carbons (Fsp3) is 0.444. The SMILES string of the molecule is CN1CCOc2cccnc2C1. The highest BCUT2D eigenvalue weighted by Gasteiger charge is 2.11. The molecule has 0 saturated carbocycles. The van der Waals surface area contributed by atoms with E-state index in [0.717, 1.165) is 31.1 Å². The van der Waals surface area contributed by atoms with Crippen LogP contribution in [-0.2, 0) is 6.54 Å². The van der Waals surface area contributed by atoms with Gasteiger partial charge in [-0.25, -0.2) is 0 Å². The van der Waals surface area contributed by atoms with Gasteiger partial charge in [0.1, 0.15) is 12.4 Å². The summed E-state index contributed by atoms with van der Waals surface area (Å²) < 4.78 is 5.51. The number of hydrogen-bond acceptors (Lipinski definition) is 3. The minimum absolute atomic E-state index is 0.759. The molecule has 0 aliphatic carbocycles. The first-order chi connectivity index (χ1) is 5.86. The fourth-order valence-corrected chi connectivity index (χ4v) is 1.32. The van der Waals surface area contributed by atoms with Crippen molar-refractivity contribution < 1.29 is 4.74 Å². The third-order valence-electron chi connectivity index (χ3n) is 2.00. The van der Waals surface area contributed by atoms with Crippen molar-refractivity contribution in [2.24, 2.45) is 0 Å². The van der Waals surface area contributed by atoms with Gasteiger partial charge in [-0.3, -0.25) is 9.88 Å². The van der Waals surface area contributed by atoms with Gasteiger partial charge in [0.15, 0.2) is 0 Å². The molecule has 1 aromatic heterocycles. The lowest BCUT2D eigenvalue weighted by atomic mass is 10.3. The van der Waals surface area contributed by atoms with Crippen molar-refractivity contribution in [3.05, 3.63) is 24.0 Å². The average molecular weight is 164 g/mol. The second-order valence-corrected chi connectivity index (χ2v) is 3.03. The summed E-state index contributed by atoms with van der Waals surface area (Å²) in [4.78, 5) is 6.47. The van der Waals surface area contributed by atoms with Gasteiger partial charge >= 0.3 is 0 Å². The molecule has 3 heteroatoms. The molecule has 1 aromatic rings. The predicted octanol–water partition coefficient (Wildman–Crippen LogP) is 0.906. The van der Waals surface area contributed by atoms with Crippen molar-refractivity contribution in [1.82, 2.24) is 9.88 Å². The molecular weight excluding hydrogens is 152 g/mol. The minimum atomic E-state index is 0.759. The van der Waals surface area contributed by atoms with Crippen LogP contribution in [0.3, 0.4) is 0 Å². The zero-order chi connectivity index (χ0) is 8.39. The van der Waals surface area contributed by atoms with E-state index < -0.39 is 0 Å². The Hall–Kier alpha value is -1.09. The van der Waals surface area contributed by atoms with Gasteiger partial charge in [0.25, 0.3) is 0 Å². The minimum Gasteiger partial charge on any atom is -0.490 e. The monoisotopic (exact) mass is 164 g/mol. The Labute approximate surface area is 72.0 Å². The standard InChI is InChI=1S/C9H12N2O/c1-11-5-6-12-9-3-2-4-10-8(9)7-11/h2-4H,5-7H2,1H3. The molecular formula is C9H12N2O. The highest BCUT2D eigenvalue weighted by atomic mass is 16.5. The van der Waals surface area contributed by atoms with Crippen LogP contribution in [-0.4, -0.2) is 30.1 Å². The first kappa shape index (κ1) is 7.55. The molecule has 0 radical (unpaired) electrons. The van der Waals surface area contributed by atoms with Gasteiger partial charge in [0.2, 0.25) is 0 Å². The van der Waals surface area contributed by atoms with Crippen LogP contribution in [0, 0.1) is 0 Å². The summed E-state index contributed by atoms with van der Waals surface area (Å²) in [5, 5.41) is 0. The summed E-state index contributed by atoms with van der Waals surface area (Å²) in [6, 6.07) is 3.88. The normalized spacial score (nSPS) is 17.8. The zero-order valence-corrected chi connectivity index (χ0v) is 7.16. The predicted molar refractivity (Wildman–Crippen MR) is 46.1 cm³/mol. The maximum atomic E-state index is 5.51. The molecule has 64 valence electrons. The van der Waals surface area contributed by atoms with Crippen molar-refractivity contribution in [3.63, 3.8) is 0 Å². The van der Waals surface area contributed by atoms with Crippen molar-refractivity contribution in [1.29, 1.82) is 0 Å². The highest BCUT2D eigenvalue weighted by molar-refractivity contribution is 5.27. The van der Waals surface area contributed by atoms with Crippen molar-refractivity contribution in [2.75, 3.05) is 20.2 Å². The molecule has 2 heterocycles. The Balaban J connectivity index is 2.31. The molecule has 0 aromatic carbocycles. The van der Waals surface area contributed by atoms with E-state index in [9.17, 15) is 0 Å². The molecule has 0 fully saturated rings. The van der Waals surface area contributed by atoms with Crippen molar-refractivity contribution >= 4 is 0 Å². The smallest absolute Gasteiger partial charge is 0.142 e. The largest absolute Gasteiger partial charge is 0.490 e. The number of pyridine rings is 1. The van der Waals surface area contributed by atoms with Gasteiger partial charge in [-0.15, -0.1) is 0 Å². The van der Waals surface area contributed by atoms with E-state index in [0.29, 0.717) is 0 Å². The van der Waals surface area contributed by atoms with E-state index in [1.807, 2.05) is 12.1 Å².